The molecule has 0 aromatic rings. The second-order valence-electron chi connectivity index (χ2n) is 2.60. The van der Waals surface area contributed by atoms with Gasteiger partial charge >= 0.3 is 29.6 Å². The van der Waals surface area contributed by atoms with Gasteiger partial charge in [-0.05, 0) is 19.8 Å². The van der Waals surface area contributed by atoms with Gasteiger partial charge in [0.1, 0.15) is 0 Å². The molecule has 0 aromatic heterocycles. The van der Waals surface area contributed by atoms with Gasteiger partial charge in [0.2, 0.25) is 0 Å². The minimum Gasteiger partial charge on any atom is -1.00 e. The van der Waals surface area contributed by atoms with Crippen molar-refractivity contribution in [3.05, 3.63) is 0 Å². The molecule has 0 amide bonds. The van der Waals surface area contributed by atoms with E-state index in [4.69, 9.17) is 0 Å². The van der Waals surface area contributed by atoms with Crippen molar-refractivity contribution in [3.8, 4) is 0 Å². The van der Waals surface area contributed by atoms with Crippen molar-refractivity contribution in [1.29, 1.82) is 0 Å². The minimum atomic E-state index is -0.408. The fourth-order valence-electron chi connectivity index (χ4n) is 0.715. The molecule has 1 unspecified atom stereocenters. The van der Waals surface area contributed by atoms with E-state index in [0.29, 0.717) is 0 Å². The maximum absolute atomic E-state index is 9.32. The van der Waals surface area contributed by atoms with Crippen molar-refractivity contribution in [1.82, 2.24) is 0 Å². The molecule has 1 N–H and O–H groups in total. The third kappa shape index (κ3) is 6.85. The molecule has 0 aliphatic heterocycles. The van der Waals surface area contributed by atoms with Crippen LogP contribution in [0.3, 0.4) is 0 Å². The molecule has 0 fully saturated rings. The van der Waals surface area contributed by atoms with E-state index >= 15 is 0 Å². The van der Waals surface area contributed by atoms with Gasteiger partial charge in [-0.15, -0.1) is 0 Å². The van der Waals surface area contributed by atoms with Crippen LogP contribution in [0.15, 0.2) is 0 Å². The first-order valence-corrected chi connectivity index (χ1v) is 3.34. The summed E-state index contributed by atoms with van der Waals surface area (Å²) in [5, 5.41) is 9.32. The van der Waals surface area contributed by atoms with E-state index < -0.39 is 5.60 Å². The van der Waals surface area contributed by atoms with Gasteiger partial charge in [0, 0.05) is 0 Å². The molecule has 0 spiro atoms. The molecule has 9 heavy (non-hydrogen) atoms. The van der Waals surface area contributed by atoms with Crippen LogP contribution in [0.25, 0.3) is 0 Å². The summed E-state index contributed by atoms with van der Waals surface area (Å²) in [6.07, 6.45) is 2.85. The molecule has 2 heteroatoms. The van der Waals surface area contributed by atoms with Crippen LogP contribution >= 0.6 is 0 Å². The third-order valence-corrected chi connectivity index (χ3v) is 1.55. The zero-order chi connectivity index (χ0) is 6.62. The van der Waals surface area contributed by atoms with Gasteiger partial charge in [-0.3, -0.25) is 0 Å². The fraction of sp³-hybridized carbons (Fsp3) is 1.00. The van der Waals surface area contributed by atoms with Crippen molar-refractivity contribution in [2.75, 3.05) is 0 Å². The zero-order valence-electron chi connectivity index (χ0n) is 8.07. The average Bonchev–Trinajstić information content (AvgIpc) is 1.67. The van der Waals surface area contributed by atoms with Gasteiger partial charge in [0.15, 0.2) is 0 Å². The maximum atomic E-state index is 9.32. The summed E-state index contributed by atoms with van der Waals surface area (Å²) in [4.78, 5) is 0. The molecular formula is C7H17NaO. The molecule has 0 bridgehead atoms. The van der Waals surface area contributed by atoms with E-state index in [-0.39, 0.29) is 31.0 Å². The van der Waals surface area contributed by atoms with Gasteiger partial charge in [-0.2, -0.15) is 0 Å². The first kappa shape index (κ1) is 12.6. The quantitative estimate of drug-likeness (QED) is 0.502. The Morgan fingerprint density at radius 2 is 1.89 bits per heavy atom. The average molecular weight is 140 g/mol. The summed E-state index contributed by atoms with van der Waals surface area (Å²) in [5.41, 5.74) is -0.408. The summed E-state index contributed by atoms with van der Waals surface area (Å²) in [7, 11) is 0. The van der Waals surface area contributed by atoms with E-state index in [1.165, 1.54) is 0 Å². The van der Waals surface area contributed by atoms with Crippen LogP contribution in [-0.2, 0) is 0 Å². The van der Waals surface area contributed by atoms with E-state index in [1.807, 2.05) is 13.8 Å². The Hall–Kier alpha value is 0.960. The predicted octanol–water partition coefficient (Wildman–Crippen LogP) is -0.936. The smallest absolute Gasteiger partial charge is 1.00 e. The van der Waals surface area contributed by atoms with Gasteiger partial charge in [0.25, 0.3) is 0 Å². The van der Waals surface area contributed by atoms with Crippen LogP contribution in [0.5, 0.6) is 0 Å². The second-order valence-corrected chi connectivity index (χ2v) is 2.60. The molecule has 52 valence electrons. The number of rotatable bonds is 3. The Bertz CT molecular complexity index is 66.6. The normalized spacial score (nSPS) is 16.0. The van der Waals surface area contributed by atoms with Gasteiger partial charge < -0.3 is 6.53 Å². The Morgan fingerprint density at radius 3 is 2.00 bits per heavy atom. The molecule has 0 aliphatic rings. The Morgan fingerprint density at radius 1 is 1.44 bits per heavy atom. The fourth-order valence-corrected chi connectivity index (χ4v) is 0.715. The first-order chi connectivity index (χ1) is 3.62. The zero-order valence-corrected chi connectivity index (χ0v) is 9.07. The Kier molecular flexibility index (Phi) is 8.02. The SMILES string of the molecule is CCCC(C)(O)CC.[H-].[Na+]. The molecule has 0 saturated heterocycles. The standard InChI is InChI=1S/C7H16O.Na.H/c1-4-6-7(3,8)5-2;;/h8H,4-6H2,1-3H3;;/q;+1;-1. The summed E-state index contributed by atoms with van der Waals surface area (Å²) in [6, 6.07) is 0. The molecular weight excluding hydrogens is 123 g/mol. The minimum absolute atomic E-state index is 0. The second kappa shape index (κ2) is 5.72. The van der Waals surface area contributed by atoms with E-state index in [0.717, 1.165) is 19.3 Å². The first-order valence-electron chi connectivity index (χ1n) is 3.34. The summed E-state index contributed by atoms with van der Waals surface area (Å²) in [5.74, 6) is 0. The van der Waals surface area contributed by atoms with Crippen molar-refractivity contribution >= 4 is 0 Å². The van der Waals surface area contributed by atoms with Crippen LogP contribution in [0.4, 0.5) is 0 Å². The van der Waals surface area contributed by atoms with E-state index in [2.05, 4.69) is 6.92 Å². The molecule has 0 rings (SSSR count). The molecule has 0 heterocycles. The predicted molar refractivity (Wildman–Crippen MR) is 36.9 cm³/mol. The maximum Gasteiger partial charge on any atom is 1.00 e. The summed E-state index contributed by atoms with van der Waals surface area (Å²) < 4.78 is 0. The van der Waals surface area contributed by atoms with Gasteiger partial charge in [0.05, 0.1) is 5.60 Å². The van der Waals surface area contributed by atoms with Crippen molar-refractivity contribution in [2.45, 2.75) is 45.6 Å². The Balaban J connectivity index is -0.000000245. The largest absolute Gasteiger partial charge is 1.00 e. The molecule has 1 nitrogen and oxygen atoms in total. The summed E-state index contributed by atoms with van der Waals surface area (Å²) >= 11 is 0. The molecule has 1 atom stereocenters. The number of hydrogen-bond acceptors (Lipinski definition) is 1. The van der Waals surface area contributed by atoms with Crippen molar-refractivity contribution in [3.63, 3.8) is 0 Å². The van der Waals surface area contributed by atoms with Crippen molar-refractivity contribution in [2.24, 2.45) is 0 Å². The monoisotopic (exact) mass is 140 g/mol. The third-order valence-electron chi connectivity index (χ3n) is 1.55. The van der Waals surface area contributed by atoms with E-state index in [9.17, 15) is 5.11 Å². The molecule has 0 aliphatic carbocycles. The number of aliphatic hydroxyl groups is 1. The van der Waals surface area contributed by atoms with Gasteiger partial charge in [-0.25, -0.2) is 0 Å². The van der Waals surface area contributed by atoms with Crippen LogP contribution in [-0.4, -0.2) is 10.7 Å². The van der Waals surface area contributed by atoms with E-state index in [1.54, 1.807) is 0 Å². The molecule has 0 saturated carbocycles. The van der Waals surface area contributed by atoms with Crippen LogP contribution in [0.1, 0.15) is 41.5 Å². The summed E-state index contributed by atoms with van der Waals surface area (Å²) in [6.45, 7) is 5.98. The van der Waals surface area contributed by atoms with Gasteiger partial charge in [-0.1, -0.05) is 20.3 Å². The molecule has 0 radical (unpaired) electrons. The van der Waals surface area contributed by atoms with Crippen LogP contribution in [0, 0.1) is 0 Å². The Labute approximate surface area is 81.6 Å². The topological polar surface area (TPSA) is 20.2 Å². The number of hydrogen-bond donors (Lipinski definition) is 1. The van der Waals surface area contributed by atoms with Crippen LogP contribution < -0.4 is 29.6 Å². The van der Waals surface area contributed by atoms with Crippen molar-refractivity contribution < 1.29 is 36.1 Å². The van der Waals surface area contributed by atoms with Crippen LogP contribution in [0.2, 0.25) is 0 Å². The molecule has 0 aromatic carbocycles.